The number of rotatable bonds is 16. The Morgan fingerprint density at radius 3 is 1.83 bits per heavy atom. The number of nitrogens with one attached hydrogen (secondary N) is 3. The van der Waals surface area contributed by atoms with Crippen molar-refractivity contribution < 1.29 is 39.3 Å². The zero-order valence-electron chi connectivity index (χ0n) is 19.6. The number of carboxylic acids is 1. The van der Waals surface area contributed by atoms with E-state index in [4.69, 9.17) is 28.0 Å². The minimum Gasteiger partial charge on any atom is -0.480 e. The van der Waals surface area contributed by atoms with E-state index >= 15 is 0 Å². The Balaban J connectivity index is 5.37. The standard InChI is InChI=1S/C19H36N8O8/c1-8(28)13(26-15(31)10(20)4-3-7-24-19(22)23)17(33)25-11(5-6-12(21)30)16(32)27-14(9(2)29)18(34)35/h8-11,13-14,28-29H,3-7,20H2,1-2H3,(H2,21,30)(H,25,33)(H,26,31)(H,27,32)(H,34,35)(H4,22,23,24). The van der Waals surface area contributed by atoms with Gasteiger partial charge in [0.05, 0.1) is 18.2 Å². The first-order chi connectivity index (χ1) is 16.2. The molecule has 0 fully saturated rings. The van der Waals surface area contributed by atoms with Crippen LogP contribution in [-0.4, -0.2) is 93.8 Å². The third kappa shape index (κ3) is 12.5. The molecule has 200 valence electrons. The molecule has 0 radical (unpaired) electrons. The Labute approximate surface area is 201 Å². The van der Waals surface area contributed by atoms with Crippen molar-refractivity contribution in [2.75, 3.05) is 6.54 Å². The highest BCUT2D eigenvalue weighted by Gasteiger charge is 2.33. The van der Waals surface area contributed by atoms with E-state index < -0.39 is 66.0 Å². The van der Waals surface area contributed by atoms with Crippen LogP contribution < -0.4 is 38.9 Å². The van der Waals surface area contributed by atoms with Crippen molar-refractivity contribution in [2.24, 2.45) is 27.9 Å². The van der Waals surface area contributed by atoms with Crippen molar-refractivity contribution in [2.45, 2.75) is 75.9 Å². The number of nitrogens with two attached hydrogens (primary N) is 4. The van der Waals surface area contributed by atoms with Crippen LogP contribution in [0.25, 0.3) is 0 Å². The fraction of sp³-hybridized carbons (Fsp3) is 0.684. The second kappa shape index (κ2) is 15.4. The fourth-order valence-electron chi connectivity index (χ4n) is 2.78. The van der Waals surface area contributed by atoms with Gasteiger partial charge in [-0.3, -0.25) is 24.2 Å². The summed E-state index contributed by atoms with van der Waals surface area (Å²) in [6, 6.07) is -5.77. The molecule has 0 saturated heterocycles. The lowest BCUT2D eigenvalue weighted by molar-refractivity contribution is -0.145. The molecule has 0 bridgehead atoms. The SMILES string of the molecule is CC(O)C(NC(=O)C(CCC(N)=O)NC(=O)C(NC(=O)C(N)CCCN=C(N)N)C(C)O)C(=O)O. The maximum atomic E-state index is 12.8. The zero-order chi connectivity index (χ0) is 27.3. The van der Waals surface area contributed by atoms with E-state index in [1.807, 2.05) is 0 Å². The molecule has 0 aromatic carbocycles. The summed E-state index contributed by atoms with van der Waals surface area (Å²) in [5.41, 5.74) is 21.3. The molecule has 6 atom stereocenters. The molecule has 0 aliphatic rings. The Hall–Kier alpha value is -3.50. The van der Waals surface area contributed by atoms with Gasteiger partial charge in [0.2, 0.25) is 23.6 Å². The highest BCUT2D eigenvalue weighted by molar-refractivity contribution is 5.94. The number of aliphatic carboxylic acids is 1. The number of carbonyl (C=O) groups is 5. The normalized spacial score (nSPS) is 15.9. The molecule has 0 spiro atoms. The maximum absolute atomic E-state index is 12.8. The molecule has 16 heteroatoms. The average Bonchev–Trinajstić information content (AvgIpc) is 2.74. The first-order valence-corrected chi connectivity index (χ1v) is 10.8. The van der Waals surface area contributed by atoms with E-state index in [9.17, 15) is 34.2 Å². The molecular weight excluding hydrogens is 468 g/mol. The number of aliphatic imine (C=N–C) groups is 1. The maximum Gasteiger partial charge on any atom is 0.328 e. The van der Waals surface area contributed by atoms with Gasteiger partial charge in [0.25, 0.3) is 0 Å². The van der Waals surface area contributed by atoms with Crippen molar-refractivity contribution in [3.8, 4) is 0 Å². The van der Waals surface area contributed by atoms with E-state index in [1.165, 1.54) is 6.92 Å². The minimum absolute atomic E-state index is 0.119. The summed E-state index contributed by atoms with van der Waals surface area (Å²) < 4.78 is 0. The van der Waals surface area contributed by atoms with Crippen LogP contribution in [0.2, 0.25) is 0 Å². The molecule has 35 heavy (non-hydrogen) atoms. The van der Waals surface area contributed by atoms with Crippen molar-refractivity contribution in [3.05, 3.63) is 0 Å². The van der Waals surface area contributed by atoms with Gasteiger partial charge in [-0.15, -0.1) is 0 Å². The van der Waals surface area contributed by atoms with Gasteiger partial charge in [-0.05, 0) is 33.1 Å². The molecule has 14 N–H and O–H groups in total. The number of carbonyl (C=O) groups excluding carboxylic acids is 4. The Kier molecular flexibility index (Phi) is 13.9. The summed E-state index contributed by atoms with van der Waals surface area (Å²) in [5, 5.41) is 35.3. The first kappa shape index (κ1) is 31.5. The first-order valence-electron chi connectivity index (χ1n) is 10.8. The molecule has 6 unspecified atom stereocenters. The smallest absolute Gasteiger partial charge is 0.328 e. The summed E-state index contributed by atoms with van der Waals surface area (Å²) in [5.74, 6) is -5.25. The quantitative estimate of drug-likeness (QED) is 0.0538. The van der Waals surface area contributed by atoms with Crippen LogP contribution in [0.15, 0.2) is 4.99 Å². The molecule has 0 saturated carbocycles. The minimum atomic E-state index is -1.69. The van der Waals surface area contributed by atoms with E-state index in [1.54, 1.807) is 0 Å². The van der Waals surface area contributed by atoms with Gasteiger partial charge in [0, 0.05) is 13.0 Å². The van der Waals surface area contributed by atoms with Crippen LogP contribution in [0.3, 0.4) is 0 Å². The van der Waals surface area contributed by atoms with Crippen LogP contribution in [0.4, 0.5) is 0 Å². The third-order valence-electron chi connectivity index (χ3n) is 4.73. The summed E-state index contributed by atoms with van der Waals surface area (Å²) in [6.07, 6.45) is -3.03. The van der Waals surface area contributed by atoms with Gasteiger partial charge >= 0.3 is 5.97 Å². The number of hydrogen-bond acceptors (Lipinski definition) is 9. The summed E-state index contributed by atoms with van der Waals surface area (Å²) >= 11 is 0. The Morgan fingerprint density at radius 2 is 1.37 bits per heavy atom. The third-order valence-corrected chi connectivity index (χ3v) is 4.73. The highest BCUT2D eigenvalue weighted by Crippen LogP contribution is 2.04. The predicted molar refractivity (Wildman–Crippen MR) is 123 cm³/mol. The largest absolute Gasteiger partial charge is 0.480 e. The van der Waals surface area contributed by atoms with E-state index in [0.717, 1.165) is 6.92 Å². The van der Waals surface area contributed by atoms with Crippen LogP contribution in [-0.2, 0) is 24.0 Å². The second-order valence-corrected chi connectivity index (χ2v) is 7.91. The zero-order valence-corrected chi connectivity index (χ0v) is 19.6. The molecule has 4 amide bonds. The monoisotopic (exact) mass is 504 g/mol. The van der Waals surface area contributed by atoms with E-state index in [0.29, 0.717) is 6.42 Å². The number of aliphatic hydroxyl groups is 2. The summed E-state index contributed by atoms with van der Waals surface area (Å²) in [4.78, 5) is 63.9. The highest BCUT2D eigenvalue weighted by atomic mass is 16.4. The van der Waals surface area contributed by atoms with Crippen molar-refractivity contribution in [3.63, 3.8) is 0 Å². The lowest BCUT2D eigenvalue weighted by atomic mass is 10.1. The second-order valence-electron chi connectivity index (χ2n) is 7.91. The van der Waals surface area contributed by atoms with Gasteiger partial charge in [-0.25, -0.2) is 4.79 Å². The Morgan fingerprint density at radius 1 is 0.829 bits per heavy atom. The molecular formula is C19H36N8O8. The molecule has 0 aliphatic heterocycles. The topological polar surface area (TPSA) is 299 Å². The number of nitrogens with zero attached hydrogens (tertiary/aromatic N) is 1. The number of hydrogen-bond donors (Lipinski definition) is 10. The average molecular weight is 505 g/mol. The van der Waals surface area contributed by atoms with E-state index in [2.05, 4.69) is 20.9 Å². The van der Waals surface area contributed by atoms with Crippen LogP contribution in [0.5, 0.6) is 0 Å². The summed E-state index contributed by atoms with van der Waals surface area (Å²) in [7, 11) is 0. The van der Waals surface area contributed by atoms with Crippen molar-refractivity contribution in [1.29, 1.82) is 0 Å². The van der Waals surface area contributed by atoms with Gasteiger partial charge in [-0.2, -0.15) is 0 Å². The molecule has 0 aliphatic carbocycles. The lowest BCUT2D eigenvalue weighted by Gasteiger charge is -2.26. The number of guanidine groups is 1. The van der Waals surface area contributed by atoms with Crippen LogP contribution in [0.1, 0.15) is 39.5 Å². The molecule has 16 nitrogen and oxygen atoms in total. The Bertz CT molecular complexity index is 785. The van der Waals surface area contributed by atoms with Crippen LogP contribution >= 0.6 is 0 Å². The summed E-state index contributed by atoms with van der Waals surface area (Å²) in [6.45, 7) is 2.57. The number of carboxylic acid groups (broad SMARTS) is 1. The lowest BCUT2D eigenvalue weighted by Crippen LogP contribution is -2.60. The molecule has 0 rings (SSSR count). The fourth-order valence-corrected chi connectivity index (χ4v) is 2.78. The number of aliphatic hydroxyl groups excluding tert-OH is 2. The number of amides is 4. The molecule has 0 aromatic rings. The van der Waals surface area contributed by atoms with E-state index in [-0.39, 0.29) is 31.8 Å². The number of primary amides is 1. The molecule has 0 heterocycles. The van der Waals surface area contributed by atoms with Gasteiger partial charge in [-0.1, -0.05) is 0 Å². The van der Waals surface area contributed by atoms with Gasteiger partial charge < -0.3 is 54.2 Å². The van der Waals surface area contributed by atoms with Crippen molar-refractivity contribution in [1.82, 2.24) is 16.0 Å². The van der Waals surface area contributed by atoms with Gasteiger partial charge in [0.1, 0.15) is 12.1 Å². The predicted octanol–water partition coefficient (Wildman–Crippen LogP) is -5.07. The van der Waals surface area contributed by atoms with Crippen molar-refractivity contribution >= 4 is 35.6 Å². The van der Waals surface area contributed by atoms with Crippen LogP contribution in [0, 0.1) is 0 Å². The molecule has 0 aromatic heterocycles. The van der Waals surface area contributed by atoms with Gasteiger partial charge in [0.15, 0.2) is 12.0 Å².